The summed E-state index contributed by atoms with van der Waals surface area (Å²) in [5.41, 5.74) is 0.626. The van der Waals surface area contributed by atoms with E-state index >= 15 is 0 Å². The maximum atomic E-state index is 11.4. The van der Waals surface area contributed by atoms with Gasteiger partial charge in [-0.25, -0.2) is 0 Å². The molecule has 3 heteroatoms. The number of carbonyl (C=O) groups excluding carboxylic acids is 1. The fraction of sp³-hybridized carbons (Fsp3) is 0.182. The lowest BCUT2D eigenvalue weighted by Crippen LogP contribution is -2.16. The highest BCUT2D eigenvalue weighted by molar-refractivity contribution is 5.94. The highest BCUT2D eigenvalue weighted by Gasteiger charge is 1.99. The molecule has 1 rings (SSSR count). The predicted molar refractivity (Wildman–Crippen MR) is 54.8 cm³/mol. The van der Waals surface area contributed by atoms with E-state index in [9.17, 15) is 4.79 Å². The molecule has 0 aliphatic rings. The number of carbonyl (C=O) groups is 1. The van der Waals surface area contributed by atoms with Crippen molar-refractivity contribution in [2.75, 3.05) is 6.61 Å². The molecule has 0 radical (unpaired) electrons. The van der Waals surface area contributed by atoms with Crippen LogP contribution in [0.4, 0.5) is 0 Å². The normalized spacial score (nSPS) is 10.4. The molecule has 0 aromatic heterocycles. The average Bonchev–Trinajstić information content (AvgIpc) is 2.25. The van der Waals surface area contributed by atoms with Gasteiger partial charge in [-0.3, -0.25) is 4.79 Å². The van der Waals surface area contributed by atoms with Gasteiger partial charge in [0, 0.05) is 18.4 Å². The van der Waals surface area contributed by atoms with Gasteiger partial charge in [0.05, 0.1) is 0 Å². The van der Waals surface area contributed by atoms with Crippen LogP contribution < -0.4 is 5.32 Å². The summed E-state index contributed by atoms with van der Waals surface area (Å²) in [7, 11) is 0. The molecule has 1 aromatic rings. The maximum absolute atomic E-state index is 11.4. The molecule has 74 valence electrons. The summed E-state index contributed by atoms with van der Waals surface area (Å²) in [4.78, 5) is 11.4. The zero-order chi connectivity index (χ0) is 10.2. The Morgan fingerprint density at radius 3 is 2.71 bits per heavy atom. The Balaban J connectivity index is 2.44. The summed E-state index contributed by atoms with van der Waals surface area (Å²) in [6, 6.07) is 8.97. The predicted octanol–water partition coefficient (Wildman–Crippen LogP) is 1.31. The van der Waals surface area contributed by atoms with Crippen LogP contribution in [0.1, 0.15) is 16.8 Å². The van der Waals surface area contributed by atoms with Crippen LogP contribution in [-0.4, -0.2) is 17.6 Å². The maximum Gasteiger partial charge on any atom is 0.255 e. The zero-order valence-electron chi connectivity index (χ0n) is 7.81. The van der Waals surface area contributed by atoms with Crippen molar-refractivity contribution in [3.05, 3.63) is 48.2 Å². The molecule has 0 spiro atoms. The molecule has 0 fully saturated rings. The first-order valence-corrected chi connectivity index (χ1v) is 4.46. The highest BCUT2D eigenvalue weighted by Crippen LogP contribution is 1.97. The number of hydrogen-bond acceptors (Lipinski definition) is 2. The van der Waals surface area contributed by atoms with Gasteiger partial charge in [0.1, 0.15) is 0 Å². The number of nitrogens with one attached hydrogen (secondary N) is 1. The molecule has 3 nitrogen and oxygen atoms in total. The Morgan fingerprint density at radius 2 is 2.07 bits per heavy atom. The molecule has 0 bridgehead atoms. The van der Waals surface area contributed by atoms with Gasteiger partial charge >= 0.3 is 0 Å². The van der Waals surface area contributed by atoms with Crippen molar-refractivity contribution < 1.29 is 9.90 Å². The Labute approximate surface area is 83.1 Å². The minimum atomic E-state index is -0.139. The minimum Gasteiger partial charge on any atom is -0.396 e. The fourth-order valence-corrected chi connectivity index (χ4v) is 0.965. The molecule has 2 N–H and O–H groups in total. The van der Waals surface area contributed by atoms with Gasteiger partial charge in [0.25, 0.3) is 5.91 Å². The number of aliphatic hydroxyl groups excluding tert-OH is 1. The van der Waals surface area contributed by atoms with Crippen LogP contribution in [0, 0.1) is 0 Å². The molecular weight excluding hydrogens is 178 g/mol. The Morgan fingerprint density at radius 1 is 1.36 bits per heavy atom. The molecule has 0 saturated heterocycles. The van der Waals surface area contributed by atoms with E-state index in [4.69, 9.17) is 5.11 Å². The van der Waals surface area contributed by atoms with Crippen LogP contribution in [0.3, 0.4) is 0 Å². The lowest BCUT2D eigenvalue weighted by atomic mass is 10.2. The Hall–Kier alpha value is -1.61. The summed E-state index contributed by atoms with van der Waals surface area (Å²) in [6.45, 7) is 0.0949. The van der Waals surface area contributed by atoms with Crippen molar-refractivity contribution in [2.45, 2.75) is 6.42 Å². The lowest BCUT2D eigenvalue weighted by molar-refractivity contribution is 0.0970. The summed E-state index contributed by atoms with van der Waals surface area (Å²) >= 11 is 0. The van der Waals surface area contributed by atoms with Crippen molar-refractivity contribution >= 4 is 5.91 Å². The van der Waals surface area contributed by atoms with Crippen molar-refractivity contribution in [2.24, 2.45) is 0 Å². The van der Waals surface area contributed by atoms with Crippen LogP contribution in [0.25, 0.3) is 0 Å². The van der Waals surface area contributed by atoms with Gasteiger partial charge in [0.15, 0.2) is 0 Å². The molecule has 0 aliphatic heterocycles. The van der Waals surface area contributed by atoms with E-state index in [0.29, 0.717) is 12.0 Å². The Kier molecular flexibility index (Phi) is 4.44. The molecule has 14 heavy (non-hydrogen) atoms. The second-order valence-corrected chi connectivity index (χ2v) is 2.75. The summed E-state index contributed by atoms with van der Waals surface area (Å²) in [6.07, 6.45) is 3.81. The number of benzene rings is 1. The van der Waals surface area contributed by atoms with E-state index in [-0.39, 0.29) is 12.5 Å². The molecule has 0 atom stereocenters. The average molecular weight is 191 g/mol. The molecule has 1 aromatic carbocycles. The van der Waals surface area contributed by atoms with Crippen LogP contribution in [-0.2, 0) is 0 Å². The van der Waals surface area contributed by atoms with Crippen molar-refractivity contribution in [3.8, 4) is 0 Å². The smallest absolute Gasteiger partial charge is 0.255 e. The summed E-state index contributed by atoms with van der Waals surface area (Å²) in [5, 5.41) is 11.1. The van der Waals surface area contributed by atoms with Crippen molar-refractivity contribution in [3.63, 3.8) is 0 Å². The van der Waals surface area contributed by atoms with Crippen LogP contribution in [0.2, 0.25) is 0 Å². The number of amides is 1. The van der Waals surface area contributed by atoms with Gasteiger partial charge < -0.3 is 10.4 Å². The third kappa shape index (κ3) is 3.41. The van der Waals surface area contributed by atoms with E-state index in [1.165, 1.54) is 0 Å². The highest BCUT2D eigenvalue weighted by atomic mass is 16.2. The first-order valence-electron chi connectivity index (χ1n) is 4.46. The van der Waals surface area contributed by atoms with Gasteiger partial charge in [-0.1, -0.05) is 24.3 Å². The standard InChI is InChI=1S/C11H13NO2/c13-9-5-4-8-12-11(14)10-6-2-1-3-7-10/h1-4,6-8,13H,5,9H2,(H,12,14). The molecular formula is C11H13NO2. The summed E-state index contributed by atoms with van der Waals surface area (Å²) < 4.78 is 0. The Bertz CT molecular complexity index is 306. The topological polar surface area (TPSA) is 49.3 Å². The van der Waals surface area contributed by atoms with Crippen molar-refractivity contribution in [1.29, 1.82) is 0 Å². The number of rotatable bonds is 4. The third-order valence-electron chi connectivity index (χ3n) is 1.66. The van der Waals surface area contributed by atoms with Gasteiger partial charge in [-0.05, 0) is 18.6 Å². The lowest BCUT2D eigenvalue weighted by Gasteiger charge is -1.98. The van der Waals surface area contributed by atoms with E-state index in [2.05, 4.69) is 5.32 Å². The first kappa shape index (κ1) is 10.5. The van der Waals surface area contributed by atoms with E-state index in [1.54, 1.807) is 24.4 Å². The van der Waals surface area contributed by atoms with E-state index in [0.717, 1.165) is 0 Å². The van der Waals surface area contributed by atoms with Gasteiger partial charge in [0.2, 0.25) is 0 Å². The van der Waals surface area contributed by atoms with Crippen molar-refractivity contribution in [1.82, 2.24) is 5.32 Å². The molecule has 0 saturated carbocycles. The molecule has 1 amide bonds. The largest absolute Gasteiger partial charge is 0.396 e. The number of aliphatic hydroxyl groups is 1. The SMILES string of the molecule is O=C(NC=CCCO)c1ccccc1. The molecule has 0 aliphatic carbocycles. The van der Waals surface area contributed by atoms with Gasteiger partial charge in [-0.2, -0.15) is 0 Å². The second-order valence-electron chi connectivity index (χ2n) is 2.75. The molecule has 0 heterocycles. The van der Waals surface area contributed by atoms with Crippen LogP contribution in [0.15, 0.2) is 42.6 Å². The third-order valence-corrected chi connectivity index (χ3v) is 1.66. The zero-order valence-corrected chi connectivity index (χ0v) is 7.81. The minimum absolute atomic E-state index is 0.0949. The van der Waals surface area contributed by atoms with E-state index < -0.39 is 0 Å². The van der Waals surface area contributed by atoms with Gasteiger partial charge in [-0.15, -0.1) is 0 Å². The van der Waals surface area contributed by atoms with E-state index in [1.807, 2.05) is 18.2 Å². The summed E-state index contributed by atoms with van der Waals surface area (Å²) in [5.74, 6) is -0.139. The second kappa shape index (κ2) is 5.94. The first-order chi connectivity index (χ1) is 6.84. The van der Waals surface area contributed by atoms with Crippen LogP contribution >= 0.6 is 0 Å². The monoisotopic (exact) mass is 191 g/mol. The van der Waals surface area contributed by atoms with Crippen LogP contribution in [0.5, 0.6) is 0 Å². The molecule has 0 unspecified atom stereocenters. The fourth-order valence-electron chi connectivity index (χ4n) is 0.965. The number of hydrogen-bond donors (Lipinski definition) is 2. The quantitative estimate of drug-likeness (QED) is 0.754.